The predicted molar refractivity (Wildman–Crippen MR) is 92.5 cm³/mol. The standard InChI is InChI=1S/C18H22N2O5/c1-11-8-9-20(17(24)25-18(2,3)4)14(11)15(21)19-13-7-5-6-12(10-13)16(22)23/h5-7,10,14H,1,8-9H2,2-4H3,(H,19,21)(H,22,23)/t14-/m0/s1. The summed E-state index contributed by atoms with van der Waals surface area (Å²) in [6.07, 6.45) is -0.0717. The molecule has 7 nitrogen and oxygen atoms in total. The van der Waals surface area contributed by atoms with Crippen molar-refractivity contribution >= 4 is 23.7 Å². The number of rotatable bonds is 3. The average Bonchev–Trinajstić information content (AvgIpc) is 2.87. The summed E-state index contributed by atoms with van der Waals surface area (Å²) in [5.41, 5.74) is 0.344. The second-order valence-corrected chi connectivity index (χ2v) is 6.86. The van der Waals surface area contributed by atoms with Crippen molar-refractivity contribution in [2.24, 2.45) is 0 Å². The van der Waals surface area contributed by atoms with E-state index in [9.17, 15) is 14.4 Å². The minimum atomic E-state index is -1.09. The normalized spacial score (nSPS) is 17.3. The number of carbonyl (C=O) groups excluding carboxylic acids is 2. The Morgan fingerprint density at radius 1 is 1.32 bits per heavy atom. The molecule has 0 aromatic heterocycles. The smallest absolute Gasteiger partial charge is 0.411 e. The molecule has 1 aliphatic heterocycles. The van der Waals surface area contributed by atoms with Crippen molar-refractivity contribution in [3.05, 3.63) is 42.0 Å². The van der Waals surface area contributed by atoms with Crippen LogP contribution in [0, 0.1) is 0 Å². The number of nitrogens with zero attached hydrogens (tertiary/aromatic N) is 1. The average molecular weight is 346 g/mol. The van der Waals surface area contributed by atoms with Crippen LogP contribution in [0.15, 0.2) is 36.4 Å². The molecule has 1 saturated heterocycles. The van der Waals surface area contributed by atoms with Crippen LogP contribution >= 0.6 is 0 Å². The molecule has 2 rings (SSSR count). The van der Waals surface area contributed by atoms with Crippen LogP contribution in [0.2, 0.25) is 0 Å². The van der Waals surface area contributed by atoms with Crippen LogP contribution < -0.4 is 5.32 Å². The molecule has 1 atom stereocenters. The molecule has 7 heteroatoms. The summed E-state index contributed by atoms with van der Waals surface area (Å²) in [5, 5.41) is 11.7. The number of carboxylic acids is 1. The first-order valence-corrected chi connectivity index (χ1v) is 7.90. The summed E-state index contributed by atoms with van der Waals surface area (Å²) in [6, 6.07) is 5.06. The number of aromatic carboxylic acids is 1. The van der Waals surface area contributed by atoms with Crippen LogP contribution in [0.1, 0.15) is 37.6 Å². The Bertz CT molecular complexity index is 720. The number of nitrogens with one attached hydrogen (secondary N) is 1. The van der Waals surface area contributed by atoms with Gasteiger partial charge in [-0.3, -0.25) is 9.69 Å². The summed E-state index contributed by atoms with van der Waals surface area (Å²) in [4.78, 5) is 37.3. The fourth-order valence-corrected chi connectivity index (χ4v) is 2.54. The Hall–Kier alpha value is -2.83. The first-order chi connectivity index (χ1) is 11.6. The van der Waals surface area contributed by atoms with E-state index in [0.717, 1.165) is 0 Å². The first kappa shape index (κ1) is 18.5. The van der Waals surface area contributed by atoms with E-state index < -0.39 is 29.6 Å². The number of carbonyl (C=O) groups is 3. The van der Waals surface area contributed by atoms with E-state index in [1.807, 2.05) is 0 Å². The number of carboxylic acid groups (broad SMARTS) is 1. The molecule has 0 radical (unpaired) electrons. The summed E-state index contributed by atoms with van der Waals surface area (Å²) < 4.78 is 5.34. The van der Waals surface area contributed by atoms with Gasteiger partial charge in [-0.15, -0.1) is 0 Å². The minimum Gasteiger partial charge on any atom is -0.478 e. The number of hydrogen-bond acceptors (Lipinski definition) is 4. The molecular formula is C18H22N2O5. The molecule has 2 amide bonds. The lowest BCUT2D eigenvalue weighted by atomic mass is 10.1. The zero-order valence-electron chi connectivity index (χ0n) is 14.5. The van der Waals surface area contributed by atoms with Gasteiger partial charge in [-0.2, -0.15) is 0 Å². The number of hydrogen-bond donors (Lipinski definition) is 2. The van der Waals surface area contributed by atoms with Crippen LogP contribution in [0.25, 0.3) is 0 Å². The lowest BCUT2D eigenvalue weighted by Crippen LogP contribution is -2.45. The van der Waals surface area contributed by atoms with Gasteiger partial charge in [-0.1, -0.05) is 12.6 Å². The quantitative estimate of drug-likeness (QED) is 0.821. The van der Waals surface area contributed by atoms with Crippen LogP contribution in [-0.2, 0) is 9.53 Å². The molecule has 1 fully saturated rings. The van der Waals surface area contributed by atoms with E-state index in [0.29, 0.717) is 24.2 Å². The molecule has 0 unspecified atom stereocenters. The highest BCUT2D eigenvalue weighted by Gasteiger charge is 2.39. The molecule has 25 heavy (non-hydrogen) atoms. The van der Waals surface area contributed by atoms with Crippen molar-refractivity contribution in [2.45, 2.75) is 38.8 Å². The SMILES string of the molecule is C=C1CCN(C(=O)OC(C)(C)C)[C@@H]1C(=O)Nc1cccc(C(=O)O)c1. The van der Waals surface area contributed by atoms with Gasteiger partial charge in [0.15, 0.2) is 0 Å². The molecule has 1 aliphatic rings. The topological polar surface area (TPSA) is 95.9 Å². The van der Waals surface area contributed by atoms with Crippen LogP contribution in [0.3, 0.4) is 0 Å². The predicted octanol–water partition coefficient (Wildman–Crippen LogP) is 2.89. The Labute approximate surface area is 146 Å². The van der Waals surface area contributed by atoms with Crippen molar-refractivity contribution in [3.8, 4) is 0 Å². The van der Waals surface area contributed by atoms with Crippen molar-refractivity contribution < 1.29 is 24.2 Å². The van der Waals surface area contributed by atoms with Crippen molar-refractivity contribution in [1.82, 2.24) is 4.90 Å². The van der Waals surface area contributed by atoms with Crippen molar-refractivity contribution in [3.63, 3.8) is 0 Å². The third-order valence-electron chi connectivity index (χ3n) is 3.63. The fourth-order valence-electron chi connectivity index (χ4n) is 2.54. The molecule has 0 bridgehead atoms. The number of ether oxygens (including phenoxy) is 1. The summed E-state index contributed by atoms with van der Waals surface area (Å²) in [5.74, 6) is -1.53. The van der Waals surface area contributed by atoms with E-state index in [2.05, 4.69) is 11.9 Å². The van der Waals surface area contributed by atoms with Gasteiger partial charge >= 0.3 is 12.1 Å². The van der Waals surface area contributed by atoms with Gasteiger partial charge in [0.2, 0.25) is 0 Å². The molecule has 134 valence electrons. The molecule has 0 spiro atoms. The monoisotopic (exact) mass is 346 g/mol. The lowest BCUT2D eigenvalue weighted by Gasteiger charge is -2.28. The first-order valence-electron chi connectivity index (χ1n) is 7.90. The zero-order valence-corrected chi connectivity index (χ0v) is 14.5. The Morgan fingerprint density at radius 3 is 2.60 bits per heavy atom. The molecule has 0 saturated carbocycles. The Balaban J connectivity index is 2.15. The maximum absolute atomic E-state index is 12.6. The van der Waals surface area contributed by atoms with Crippen molar-refractivity contribution in [2.75, 3.05) is 11.9 Å². The van der Waals surface area contributed by atoms with Gasteiger partial charge in [0, 0.05) is 12.2 Å². The maximum Gasteiger partial charge on any atom is 0.411 e. The highest BCUT2D eigenvalue weighted by molar-refractivity contribution is 6.00. The Morgan fingerprint density at radius 2 is 2.00 bits per heavy atom. The van der Waals surface area contributed by atoms with E-state index in [4.69, 9.17) is 9.84 Å². The number of benzene rings is 1. The summed E-state index contributed by atoms with van der Waals surface area (Å²) >= 11 is 0. The van der Waals surface area contributed by atoms with Gasteiger partial charge in [0.05, 0.1) is 5.56 Å². The van der Waals surface area contributed by atoms with E-state index >= 15 is 0 Å². The third kappa shape index (κ3) is 4.59. The van der Waals surface area contributed by atoms with Crippen LogP contribution in [-0.4, -0.2) is 46.2 Å². The highest BCUT2D eigenvalue weighted by Crippen LogP contribution is 2.26. The number of anilines is 1. The van der Waals surface area contributed by atoms with E-state index in [-0.39, 0.29) is 5.56 Å². The molecule has 1 aromatic rings. The van der Waals surface area contributed by atoms with Crippen LogP contribution in [0.4, 0.5) is 10.5 Å². The van der Waals surface area contributed by atoms with Gasteiger partial charge in [-0.05, 0) is 51.0 Å². The minimum absolute atomic E-state index is 0.0621. The fraction of sp³-hybridized carbons (Fsp3) is 0.389. The Kier molecular flexibility index (Phi) is 5.15. The molecule has 1 heterocycles. The van der Waals surface area contributed by atoms with Crippen molar-refractivity contribution in [1.29, 1.82) is 0 Å². The van der Waals surface area contributed by atoms with Crippen LogP contribution in [0.5, 0.6) is 0 Å². The maximum atomic E-state index is 12.6. The largest absolute Gasteiger partial charge is 0.478 e. The van der Waals surface area contributed by atoms with E-state index in [1.54, 1.807) is 26.8 Å². The number of amides is 2. The molecule has 1 aromatic carbocycles. The third-order valence-corrected chi connectivity index (χ3v) is 3.63. The van der Waals surface area contributed by atoms with Gasteiger partial charge in [0.1, 0.15) is 11.6 Å². The zero-order chi connectivity index (χ0) is 18.8. The second-order valence-electron chi connectivity index (χ2n) is 6.86. The number of likely N-dealkylation sites (tertiary alicyclic amines) is 1. The molecular weight excluding hydrogens is 324 g/mol. The van der Waals surface area contributed by atoms with Gasteiger partial charge < -0.3 is 15.2 Å². The highest BCUT2D eigenvalue weighted by atomic mass is 16.6. The van der Waals surface area contributed by atoms with Gasteiger partial charge in [0.25, 0.3) is 5.91 Å². The second kappa shape index (κ2) is 6.96. The molecule has 2 N–H and O–H groups in total. The lowest BCUT2D eigenvalue weighted by molar-refractivity contribution is -0.119. The summed E-state index contributed by atoms with van der Waals surface area (Å²) in [7, 11) is 0. The summed E-state index contributed by atoms with van der Waals surface area (Å²) in [6.45, 7) is 9.47. The van der Waals surface area contributed by atoms with E-state index in [1.165, 1.54) is 23.1 Å². The van der Waals surface area contributed by atoms with Gasteiger partial charge in [-0.25, -0.2) is 9.59 Å². The molecule has 0 aliphatic carbocycles.